The van der Waals surface area contributed by atoms with Crippen molar-refractivity contribution in [3.05, 3.63) is 57.2 Å². The highest BCUT2D eigenvalue weighted by atomic mass is 35.5. The number of rotatable bonds is 4. The maximum absolute atomic E-state index is 13.1. The van der Waals surface area contributed by atoms with Crippen LogP contribution in [0.3, 0.4) is 0 Å². The molecule has 0 spiro atoms. The summed E-state index contributed by atoms with van der Waals surface area (Å²) in [6.45, 7) is 2.90. The number of thioether (sulfide) groups is 1. The second-order valence-electron chi connectivity index (χ2n) is 6.69. The van der Waals surface area contributed by atoms with E-state index < -0.39 is 0 Å². The normalized spacial score (nSPS) is 19.3. The molecule has 0 unspecified atom stereocenters. The van der Waals surface area contributed by atoms with Crippen molar-refractivity contribution in [1.82, 2.24) is 9.91 Å². The molecule has 9 heteroatoms. The van der Waals surface area contributed by atoms with Crippen molar-refractivity contribution < 1.29 is 9.53 Å². The summed E-state index contributed by atoms with van der Waals surface area (Å²) < 4.78 is 6.11. The smallest absolute Gasteiger partial charge is 0.253 e. The second kappa shape index (κ2) is 9.57. The highest BCUT2D eigenvalue weighted by Gasteiger charge is 2.33. The van der Waals surface area contributed by atoms with Crippen LogP contribution >= 0.6 is 46.9 Å². The Kier molecular flexibility index (Phi) is 6.87. The van der Waals surface area contributed by atoms with Gasteiger partial charge in [0.2, 0.25) is 0 Å². The number of thiophene rings is 1. The summed E-state index contributed by atoms with van der Waals surface area (Å²) in [6, 6.07) is 11.5. The van der Waals surface area contributed by atoms with E-state index in [-0.39, 0.29) is 17.7 Å². The molecule has 5 nitrogen and oxygen atoms in total. The first-order valence-electron chi connectivity index (χ1n) is 9.30. The van der Waals surface area contributed by atoms with E-state index in [1.807, 2.05) is 41.8 Å². The van der Waals surface area contributed by atoms with Gasteiger partial charge in [-0.2, -0.15) is 5.10 Å². The first-order valence-corrected chi connectivity index (χ1v) is 12.0. The maximum atomic E-state index is 13.1. The monoisotopic (exact) mass is 465 g/mol. The number of amides is 1. The lowest BCUT2D eigenvalue weighted by atomic mass is 10.0. The molecule has 152 valence electrons. The zero-order chi connectivity index (χ0) is 20.2. The minimum Gasteiger partial charge on any atom is -0.378 e. The Morgan fingerprint density at radius 2 is 2.03 bits per heavy atom. The Balaban J connectivity index is 1.48. The third-order valence-corrected chi connectivity index (χ3v) is 7.49. The van der Waals surface area contributed by atoms with Gasteiger partial charge in [0.05, 0.1) is 35.6 Å². The van der Waals surface area contributed by atoms with Gasteiger partial charge in [0.1, 0.15) is 4.32 Å². The molecule has 1 fully saturated rings. The van der Waals surface area contributed by atoms with Crippen LogP contribution in [0.4, 0.5) is 0 Å². The Bertz CT molecular complexity index is 896. The summed E-state index contributed by atoms with van der Waals surface area (Å²) in [6.07, 6.45) is 0.687. The fraction of sp³-hybridized carbons (Fsp3) is 0.350. The van der Waals surface area contributed by atoms with E-state index in [2.05, 4.69) is 10.0 Å². The van der Waals surface area contributed by atoms with Gasteiger partial charge >= 0.3 is 0 Å². The molecule has 2 aliphatic rings. The van der Waals surface area contributed by atoms with Crippen LogP contribution in [-0.4, -0.2) is 57.9 Å². The summed E-state index contributed by atoms with van der Waals surface area (Å²) in [5.74, 6) is 0.221. The molecule has 0 radical (unpaired) electrons. The van der Waals surface area contributed by atoms with Gasteiger partial charge in [-0.15, -0.1) is 11.3 Å². The van der Waals surface area contributed by atoms with Crippen LogP contribution in [0.5, 0.6) is 0 Å². The molecule has 1 aromatic carbocycles. The van der Waals surface area contributed by atoms with Gasteiger partial charge in [0, 0.05) is 24.5 Å². The molecule has 1 atom stereocenters. The number of ether oxygens (including phenoxy) is 1. The summed E-state index contributed by atoms with van der Waals surface area (Å²) >= 11 is 14.6. The zero-order valence-electron chi connectivity index (χ0n) is 15.6. The van der Waals surface area contributed by atoms with Gasteiger partial charge in [-0.3, -0.25) is 4.79 Å². The topological polar surface area (TPSA) is 45.1 Å². The fourth-order valence-corrected chi connectivity index (χ4v) is 5.25. The molecular formula is C20H20ClN3O2S3. The van der Waals surface area contributed by atoms with Crippen molar-refractivity contribution in [2.45, 2.75) is 12.5 Å². The predicted molar refractivity (Wildman–Crippen MR) is 124 cm³/mol. The van der Waals surface area contributed by atoms with Crippen molar-refractivity contribution in [3.63, 3.8) is 0 Å². The van der Waals surface area contributed by atoms with Gasteiger partial charge in [-0.25, -0.2) is 5.01 Å². The second-order valence-corrected chi connectivity index (χ2v) is 9.68. The SMILES string of the molecule is O=C(CSC(=S)N1CCOCC1)N1N=C(c2cccs2)C[C@H]1c1ccc(Cl)cc1. The zero-order valence-corrected chi connectivity index (χ0v) is 18.8. The molecule has 1 aromatic heterocycles. The molecule has 29 heavy (non-hydrogen) atoms. The predicted octanol–water partition coefficient (Wildman–Crippen LogP) is 4.43. The number of morpholine rings is 1. The molecule has 2 aromatic rings. The van der Waals surface area contributed by atoms with E-state index in [9.17, 15) is 4.79 Å². The molecule has 0 N–H and O–H groups in total. The van der Waals surface area contributed by atoms with Crippen LogP contribution in [0.1, 0.15) is 22.9 Å². The third kappa shape index (κ3) is 5.00. The van der Waals surface area contributed by atoms with Crippen LogP contribution in [0, 0.1) is 0 Å². The maximum Gasteiger partial charge on any atom is 0.253 e. The van der Waals surface area contributed by atoms with Gasteiger partial charge in [-0.1, -0.05) is 53.8 Å². The van der Waals surface area contributed by atoms with Crippen molar-refractivity contribution in [2.24, 2.45) is 5.10 Å². The Labute approximate surface area is 188 Å². The molecule has 3 heterocycles. The van der Waals surface area contributed by atoms with Crippen molar-refractivity contribution in [1.29, 1.82) is 0 Å². The van der Waals surface area contributed by atoms with Crippen molar-refractivity contribution in [3.8, 4) is 0 Å². The summed E-state index contributed by atoms with van der Waals surface area (Å²) in [5, 5.41) is 9.01. The minimum absolute atomic E-state index is 0.0443. The molecule has 0 saturated carbocycles. The van der Waals surface area contributed by atoms with Gasteiger partial charge in [-0.05, 0) is 29.1 Å². The quantitative estimate of drug-likeness (QED) is 0.625. The highest BCUT2D eigenvalue weighted by molar-refractivity contribution is 8.23. The van der Waals surface area contributed by atoms with Gasteiger partial charge in [0.15, 0.2) is 0 Å². The van der Waals surface area contributed by atoms with Gasteiger partial charge < -0.3 is 9.64 Å². The lowest BCUT2D eigenvalue weighted by Gasteiger charge is -2.29. The summed E-state index contributed by atoms with van der Waals surface area (Å²) in [5.41, 5.74) is 1.97. The van der Waals surface area contributed by atoms with Crippen LogP contribution in [0.15, 0.2) is 46.9 Å². The first-order chi connectivity index (χ1) is 14.1. The number of thiocarbonyl (C=S) groups is 1. The number of benzene rings is 1. The standard InChI is InChI=1S/C20H20ClN3O2S3/c21-15-5-3-14(4-6-15)17-12-16(18-2-1-11-28-18)22-24(17)19(25)13-29-20(27)23-7-9-26-10-8-23/h1-6,11,17H,7-10,12-13H2/t17-/m0/s1. The molecule has 1 amide bonds. The lowest BCUT2D eigenvalue weighted by molar-refractivity contribution is -0.130. The van der Waals surface area contributed by atoms with E-state index in [0.29, 0.717) is 24.7 Å². The number of hydrazone groups is 1. The lowest BCUT2D eigenvalue weighted by Crippen LogP contribution is -2.39. The molecular weight excluding hydrogens is 446 g/mol. The largest absolute Gasteiger partial charge is 0.378 e. The highest BCUT2D eigenvalue weighted by Crippen LogP contribution is 2.34. The number of carbonyl (C=O) groups is 1. The number of carbonyl (C=O) groups excluding carboxylic acids is 1. The number of hydrogen-bond acceptors (Lipinski definition) is 6. The van der Waals surface area contributed by atoms with Crippen LogP contribution < -0.4 is 0 Å². The summed E-state index contributed by atoms with van der Waals surface area (Å²) in [7, 11) is 0. The van der Waals surface area contributed by atoms with E-state index in [1.54, 1.807) is 16.3 Å². The molecule has 4 rings (SSSR count). The Morgan fingerprint density at radius 1 is 1.28 bits per heavy atom. The Morgan fingerprint density at radius 3 is 2.72 bits per heavy atom. The van der Waals surface area contributed by atoms with E-state index >= 15 is 0 Å². The van der Waals surface area contributed by atoms with Crippen molar-refractivity contribution >= 4 is 62.9 Å². The molecule has 0 bridgehead atoms. The minimum atomic E-state index is -0.130. The molecule has 1 saturated heterocycles. The Hall–Kier alpha value is -1.45. The van der Waals surface area contributed by atoms with Crippen LogP contribution in [0.25, 0.3) is 0 Å². The molecule has 2 aliphatic heterocycles. The number of halogens is 1. The van der Waals surface area contributed by atoms with E-state index in [4.69, 9.17) is 28.6 Å². The summed E-state index contributed by atoms with van der Waals surface area (Å²) in [4.78, 5) is 16.3. The van der Waals surface area contributed by atoms with Crippen molar-refractivity contribution in [2.75, 3.05) is 32.1 Å². The van der Waals surface area contributed by atoms with Crippen LogP contribution in [0.2, 0.25) is 5.02 Å². The first kappa shape index (κ1) is 20.8. The van der Waals surface area contributed by atoms with E-state index in [1.165, 1.54) is 11.8 Å². The number of nitrogens with zero attached hydrogens (tertiary/aromatic N) is 3. The van der Waals surface area contributed by atoms with Gasteiger partial charge in [0.25, 0.3) is 5.91 Å². The van der Waals surface area contributed by atoms with E-state index in [0.717, 1.165) is 33.6 Å². The molecule has 0 aliphatic carbocycles. The van der Waals surface area contributed by atoms with Crippen LogP contribution in [-0.2, 0) is 9.53 Å². The average Bonchev–Trinajstić information content (AvgIpc) is 3.43. The average molecular weight is 466 g/mol. The number of hydrogen-bond donors (Lipinski definition) is 0. The fourth-order valence-electron chi connectivity index (χ4n) is 3.30. The third-order valence-electron chi connectivity index (χ3n) is 4.81.